The summed E-state index contributed by atoms with van der Waals surface area (Å²) in [7, 11) is 0. The van der Waals surface area contributed by atoms with Crippen molar-refractivity contribution in [2.75, 3.05) is 12.3 Å². The van der Waals surface area contributed by atoms with Gasteiger partial charge in [0.05, 0.1) is 17.1 Å². The molecule has 0 fully saturated rings. The predicted octanol–water partition coefficient (Wildman–Crippen LogP) is 2.41. The highest BCUT2D eigenvalue weighted by Crippen LogP contribution is 2.23. The number of rotatable bonds is 5. The normalized spacial score (nSPS) is 10.6. The van der Waals surface area contributed by atoms with Gasteiger partial charge < -0.3 is 11.1 Å². The lowest BCUT2D eigenvalue weighted by molar-refractivity contribution is -0.118. The summed E-state index contributed by atoms with van der Waals surface area (Å²) in [6.07, 6.45) is 0.374. The van der Waals surface area contributed by atoms with Gasteiger partial charge in [0, 0.05) is 12.1 Å². The van der Waals surface area contributed by atoms with E-state index in [1.54, 1.807) is 0 Å². The Morgan fingerprint density at radius 1 is 1.42 bits per heavy atom. The molecule has 1 aromatic carbocycles. The van der Waals surface area contributed by atoms with E-state index < -0.39 is 11.7 Å². The largest absolute Gasteiger partial charge is 0.399 e. The first kappa shape index (κ1) is 15.4. The van der Waals surface area contributed by atoms with E-state index in [-0.39, 0.29) is 34.5 Å². The third kappa shape index (κ3) is 4.52. The number of carbonyl (C=O) groups is 2. The fraction of sp³-hybridized carbons (Fsp3) is 0.385. The van der Waals surface area contributed by atoms with Crippen LogP contribution in [0.5, 0.6) is 0 Å². The maximum atomic E-state index is 13.3. The van der Waals surface area contributed by atoms with Gasteiger partial charge in [0.1, 0.15) is 5.82 Å². The molecule has 0 atom stereocenters. The van der Waals surface area contributed by atoms with Crippen molar-refractivity contribution in [2.45, 2.75) is 20.3 Å². The summed E-state index contributed by atoms with van der Waals surface area (Å²) in [5.74, 6) is -1.25. The zero-order chi connectivity index (χ0) is 14.6. The summed E-state index contributed by atoms with van der Waals surface area (Å²) in [4.78, 5) is 23.3. The highest BCUT2D eigenvalue weighted by atomic mass is 35.5. The molecule has 3 N–H and O–H groups in total. The van der Waals surface area contributed by atoms with Crippen molar-refractivity contribution < 1.29 is 14.0 Å². The second kappa shape index (κ2) is 6.52. The molecule has 0 saturated carbocycles. The molecule has 0 heterocycles. The van der Waals surface area contributed by atoms with Crippen molar-refractivity contribution >= 4 is 29.0 Å². The van der Waals surface area contributed by atoms with Gasteiger partial charge in [0.25, 0.3) is 5.91 Å². The highest BCUT2D eigenvalue weighted by molar-refractivity contribution is 6.34. The minimum atomic E-state index is -0.764. The Labute approximate surface area is 116 Å². The van der Waals surface area contributed by atoms with Crippen LogP contribution in [0.1, 0.15) is 30.6 Å². The molecule has 0 saturated heterocycles. The molecule has 0 aliphatic rings. The van der Waals surface area contributed by atoms with Crippen LogP contribution in [0.25, 0.3) is 0 Å². The van der Waals surface area contributed by atoms with E-state index in [1.807, 2.05) is 13.8 Å². The van der Waals surface area contributed by atoms with Crippen LogP contribution in [0, 0.1) is 11.7 Å². The van der Waals surface area contributed by atoms with E-state index in [4.69, 9.17) is 17.3 Å². The maximum absolute atomic E-state index is 13.3. The lowest BCUT2D eigenvalue weighted by Gasteiger charge is -2.08. The minimum absolute atomic E-state index is 0.0727. The van der Waals surface area contributed by atoms with Gasteiger partial charge in [-0.3, -0.25) is 9.59 Å². The van der Waals surface area contributed by atoms with Crippen LogP contribution in [0.15, 0.2) is 12.1 Å². The Kier molecular flexibility index (Phi) is 5.30. The van der Waals surface area contributed by atoms with Crippen LogP contribution in [-0.2, 0) is 4.79 Å². The number of amides is 1. The van der Waals surface area contributed by atoms with Crippen LogP contribution >= 0.6 is 11.6 Å². The van der Waals surface area contributed by atoms with Gasteiger partial charge in [-0.1, -0.05) is 25.4 Å². The van der Waals surface area contributed by atoms with Crippen LogP contribution in [0.4, 0.5) is 10.1 Å². The molecule has 0 aromatic heterocycles. The van der Waals surface area contributed by atoms with Gasteiger partial charge in [-0.05, 0) is 18.1 Å². The average Bonchev–Trinajstić information content (AvgIpc) is 2.29. The SMILES string of the molecule is CC(C)CC(=O)CNC(=O)c1cc(N)cc(F)c1Cl. The molecule has 1 amide bonds. The number of carbonyl (C=O) groups excluding carboxylic acids is 2. The van der Waals surface area contributed by atoms with Crippen LogP contribution in [-0.4, -0.2) is 18.2 Å². The molecule has 0 aliphatic carbocycles. The first-order valence-electron chi connectivity index (χ1n) is 5.85. The second-order valence-corrected chi connectivity index (χ2v) is 5.06. The van der Waals surface area contributed by atoms with E-state index in [0.29, 0.717) is 6.42 Å². The van der Waals surface area contributed by atoms with Crippen molar-refractivity contribution in [3.63, 3.8) is 0 Å². The molecule has 0 aliphatic heterocycles. The summed E-state index contributed by atoms with van der Waals surface area (Å²) in [6, 6.07) is 2.30. The molecule has 104 valence electrons. The van der Waals surface area contributed by atoms with Crippen LogP contribution in [0.2, 0.25) is 5.02 Å². The zero-order valence-electron chi connectivity index (χ0n) is 10.8. The van der Waals surface area contributed by atoms with E-state index >= 15 is 0 Å². The second-order valence-electron chi connectivity index (χ2n) is 4.68. The molecule has 1 rings (SSSR count). The van der Waals surface area contributed by atoms with Gasteiger partial charge in [-0.2, -0.15) is 0 Å². The Morgan fingerprint density at radius 2 is 2.05 bits per heavy atom. The topological polar surface area (TPSA) is 72.2 Å². The molecule has 19 heavy (non-hydrogen) atoms. The first-order chi connectivity index (χ1) is 8.81. The molecule has 0 spiro atoms. The number of Topliss-reactive ketones (excluding diaryl/α,β-unsaturated/α-hetero) is 1. The van der Waals surface area contributed by atoms with E-state index in [2.05, 4.69) is 5.32 Å². The number of hydrogen-bond donors (Lipinski definition) is 2. The number of nitrogen functional groups attached to an aromatic ring is 1. The monoisotopic (exact) mass is 286 g/mol. The number of hydrogen-bond acceptors (Lipinski definition) is 3. The highest BCUT2D eigenvalue weighted by Gasteiger charge is 2.16. The summed E-state index contributed by atoms with van der Waals surface area (Å²) in [5, 5.41) is 2.10. The van der Waals surface area contributed by atoms with Crippen molar-refractivity contribution in [3.05, 3.63) is 28.5 Å². The van der Waals surface area contributed by atoms with Crippen molar-refractivity contribution in [2.24, 2.45) is 5.92 Å². The zero-order valence-corrected chi connectivity index (χ0v) is 11.6. The Balaban J connectivity index is 2.72. The van der Waals surface area contributed by atoms with Crippen LogP contribution in [0.3, 0.4) is 0 Å². The average molecular weight is 287 g/mol. The third-order valence-electron chi connectivity index (χ3n) is 2.38. The summed E-state index contributed by atoms with van der Waals surface area (Å²) < 4.78 is 13.3. The molecular weight excluding hydrogens is 271 g/mol. The lowest BCUT2D eigenvalue weighted by atomic mass is 10.1. The van der Waals surface area contributed by atoms with Gasteiger partial charge in [0.15, 0.2) is 5.78 Å². The minimum Gasteiger partial charge on any atom is -0.399 e. The molecule has 1 aromatic rings. The number of nitrogens with two attached hydrogens (primary N) is 1. The number of ketones is 1. The number of benzene rings is 1. The number of halogens is 2. The lowest BCUT2D eigenvalue weighted by Crippen LogP contribution is -2.30. The van der Waals surface area contributed by atoms with Gasteiger partial charge in [-0.25, -0.2) is 4.39 Å². The molecule has 6 heteroatoms. The van der Waals surface area contributed by atoms with E-state index in [1.165, 1.54) is 6.07 Å². The van der Waals surface area contributed by atoms with Gasteiger partial charge in [-0.15, -0.1) is 0 Å². The Bertz CT molecular complexity index is 504. The molecule has 0 unspecified atom stereocenters. The fourth-order valence-electron chi connectivity index (χ4n) is 1.58. The van der Waals surface area contributed by atoms with Gasteiger partial charge in [0.2, 0.25) is 0 Å². The summed E-state index contributed by atoms with van der Waals surface area (Å²) >= 11 is 5.68. The molecule has 0 bridgehead atoms. The van der Waals surface area contributed by atoms with Gasteiger partial charge >= 0.3 is 0 Å². The van der Waals surface area contributed by atoms with E-state index in [9.17, 15) is 14.0 Å². The number of nitrogens with one attached hydrogen (secondary N) is 1. The van der Waals surface area contributed by atoms with Crippen LogP contribution < -0.4 is 11.1 Å². The first-order valence-corrected chi connectivity index (χ1v) is 6.23. The molecular formula is C13H16ClFN2O2. The predicted molar refractivity (Wildman–Crippen MR) is 72.6 cm³/mol. The summed E-state index contributed by atoms with van der Waals surface area (Å²) in [5.41, 5.74) is 5.47. The smallest absolute Gasteiger partial charge is 0.253 e. The van der Waals surface area contributed by atoms with Crippen molar-refractivity contribution in [1.82, 2.24) is 5.32 Å². The van der Waals surface area contributed by atoms with E-state index in [0.717, 1.165) is 6.07 Å². The molecule has 0 radical (unpaired) electrons. The fourth-order valence-corrected chi connectivity index (χ4v) is 1.77. The number of anilines is 1. The third-order valence-corrected chi connectivity index (χ3v) is 2.76. The Hall–Kier alpha value is -1.62. The van der Waals surface area contributed by atoms with Crippen molar-refractivity contribution in [3.8, 4) is 0 Å². The molecule has 4 nitrogen and oxygen atoms in total. The maximum Gasteiger partial charge on any atom is 0.253 e. The van der Waals surface area contributed by atoms with Crippen molar-refractivity contribution in [1.29, 1.82) is 0 Å². The quantitative estimate of drug-likeness (QED) is 0.817. The standard InChI is InChI=1S/C13H16ClFN2O2/c1-7(2)3-9(18)6-17-13(19)10-4-8(16)5-11(15)12(10)14/h4-5,7H,3,6,16H2,1-2H3,(H,17,19). The Morgan fingerprint density at radius 3 is 2.63 bits per heavy atom. The summed E-state index contributed by atoms with van der Waals surface area (Å²) in [6.45, 7) is 3.71.